The summed E-state index contributed by atoms with van der Waals surface area (Å²) in [5.74, 6) is 0.946. The molecule has 2 heterocycles. The van der Waals surface area contributed by atoms with Crippen molar-refractivity contribution in [3.8, 4) is 11.5 Å². The first-order valence-electron chi connectivity index (χ1n) is 3.81. The van der Waals surface area contributed by atoms with Crippen LogP contribution >= 0.6 is 0 Å². The van der Waals surface area contributed by atoms with Crippen molar-refractivity contribution in [2.75, 3.05) is 5.73 Å². The van der Waals surface area contributed by atoms with Gasteiger partial charge in [-0.05, 0) is 0 Å². The van der Waals surface area contributed by atoms with Crippen molar-refractivity contribution in [1.29, 1.82) is 0 Å². The number of nitrogens with two attached hydrogens (primary N) is 1. The number of rotatable bonds is 1. The van der Waals surface area contributed by atoms with Gasteiger partial charge in [0.15, 0.2) is 0 Å². The van der Waals surface area contributed by atoms with E-state index in [1.807, 2.05) is 17.8 Å². The Hall–Kier alpha value is -1.85. The molecule has 6 nitrogen and oxygen atoms in total. The molecular weight excluding hydrogens is 168 g/mol. The van der Waals surface area contributed by atoms with Crippen molar-refractivity contribution in [3.63, 3.8) is 0 Å². The number of aromatic nitrogens is 5. The molecule has 0 saturated carbocycles. The van der Waals surface area contributed by atoms with E-state index >= 15 is 0 Å². The predicted molar refractivity (Wildman–Crippen MR) is 47.6 cm³/mol. The van der Waals surface area contributed by atoms with Crippen molar-refractivity contribution in [2.45, 2.75) is 0 Å². The van der Waals surface area contributed by atoms with Crippen LogP contribution in [0.1, 0.15) is 0 Å². The Bertz CT molecular complexity index is 406. The van der Waals surface area contributed by atoms with E-state index < -0.39 is 0 Å². The van der Waals surface area contributed by atoms with Crippen molar-refractivity contribution >= 4 is 5.95 Å². The van der Waals surface area contributed by atoms with Gasteiger partial charge < -0.3 is 10.3 Å². The second-order valence-electron chi connectivity index (χ2n) is 2.84. The summed E-state index contributed by atoms with van der Waals surface area (Å²) in [5.41, 5.74) is 6.27. The first kappa shape index (κ1) is 7.78. The summed E-state index contributed by atoms with van der Waals surface area (Å²) in [6.07, 6.45) is 3.54. The monoisotopic (exact) mass is 178 g/mol. The molecule has 0 aliphatic heterocycles. The molecule has 2 aromatic rings. The lowest BCUT2D eigenvalue weighted by molar-refractivity contribution is 0.780. The van der Waals surface area contributed by atoms with Crippen LogP contribution in [0.5, 0.6) is 0 Å². The molecule has 2 rings (SSSR count). The van der Waals surface area contributed by atoms with Crippen molar-refractivity contribution in [3.05, 3.63) is 12.5 Å². The van der Waals surface area contributed by atoms with E-state index in [-0.39, 0.29) is 0 Å². The number of nitrogen functional groups attached to an aromatic ring is 1. The highest BCUT2D eigenvalue weighted by Crippen LogP contribution is 2.12. The Morgan fingerprint density at radius 2 is 2.15 bits per heavy atom. The van der Waals surface area contributed by atoms with Gasteiger partial charge in [-0.25, -0.2) is 9.67 Å². The molecule has 0 bridgehead atoms. The van der Waals surface area contributed by atoms with Crippen LogP contribution in [0.4, 0.5) is 5.95 Å². The van der Waals surface area contributed by atoms with E-state index in [4.69, 9.17) is 5.73 Å². The molecular formula is C7H10N6. The molecule has 0 aromatic carbocycles. The lowest BCUT2D eigenvalue weighted by atomic mass is 10.5. The van der Waals surface area contributed by atoms with Gasteiger partial charge in [0.2, 0.25) is 11.8 Å². The Morgan fingerprint density at radius 3 is 2.62 bits per heavy atom. The van der Waals surface area contributed by atoms with E-state index in [0.717, 1.165) is 5.69 Å². The van der Waals surface area contributed by atoms with Gasteiger partial charge in [0.05, 0.1) is 6.33 Å². The van der Waals surface area contributed by atoms with Crippen LogP contribution in [-0.2, 0) is 14.1 Å². The van der Waals surface area contributed by atoms with Crippen LogP contribution in [0.3, 0.4) is 0 Å². The normalized spacial score (nSPS) is 10.6. The summed E-state index contributed by atoms with van der Waals surface area (Å²) in [6, 6.07) is 0. The Balaban J connectivity index is 2.46. The average Bonchev–Trinajstić information content (AvgIpc) is 2.61. The fourth-order valence-corrected chi connectivity index (χ4v) is 1.03. The molecule has 0 unspecified atom stereocenters. The molecule has 0 fully saturated rings. The van der Waals surface area contributed by atoms with Crippen molar-refractivity contribution < 1.29 is 0 Å². The highest BCUT2D eigenvalue weighted by molar-refractivity contribution is 5.48. The molecule has 0 aliphatic carbocycles. The third-order valence-corrected chi connectivity index (χ3v) is 1.73. The molecule has 0 amide bonds. The van der Waals surface area contributed by atoms with Crippen LogP contribution < -0.4 is 5.73 Å². The zero-order valence-electron chi connectivity index (χ0n) is 7.47. The molecule has 0 radical (unpaired) electrons. The second kappa shape index (κ2) is 2.58. The largest absolute Gasteiger partial charge is 0.368 e. The third kappa shape index (κ3) is 1.26. The number of hydrogen-bond acceptors (Lipinski definition) is 4. The predicted octanol–water partition coefficient (Wildman–Crippen LogP) is -0.202. The van der Waals surface area contributed by atoms with Gasteiger partial charge in [0, 0.05) is 20.3 Å². The van der Waals surface area contributed by atoms with Crippen molar-refractivity contribution in [1.82, 2.24) is 24.3 Å². The third-order valence-electron chi connectivity index (χ3n) is 1.73. The molecule has 13 heavy (non-hydrogen) atoms. The number of anilines is 1. The Labute approximate surface area is 75.0 Å². The molecule has 6 heteroatoms. The summed E-state index contributed by atoms with van der Waals surface area (Å²) in [7, 11) is 3.64. The Morgan fingerprint density at radius 1 is 1.38 bits per heavy atom. The van der Waals surface area contributed by atoms with Crippen LogP contribution in [0, 0.1) is 0 Å². The number of hydrogen-bond donors (Lipinski definition) is 1. The van der Waals surface area contributed by atoms with Gasteiger partial charge in [-0.2, -0.15) is 4.98 Å². The molecule has 0 saturated heterocycles. The van der Waals surface area contributed by atoms with Gasteiger partial charge in [0.25, 0.3) is 0 Å². The van der Waals surface area contributed by atoms with E-state index in [1.165, 1.54) is 4.68 Å². The summed E-state index contributed by atoms with van der Waals surface area (Å²) < 4.78 is 3.35. The van der Waals surface area contributed by atoms with Crippen LogP contribution in [-0.4, -0.2) is 24.3 Å². The number of imidazole rings is 1. The fraction of sp³-hybridized carbons (Fsp3) is 0.286. The Kier molecular flexibility index (Phi) is 1.54. The zero-order chi connectivity index (χ0) is 9.42. The molecule has 68 valence electrons. The SMILES string of the molecule is Cn1cnc(-c2nc(N)n(C)n2)c1. The maximum atomic E-state index is 5.54. The minimum absolute atomic E-state index is 0.389. The smallest absolute Gasteiger partial charge is 0.218 e. The summed E-state index contributed by atoms with van der Waals surface area (Å²) >= 11 is 0. The number of aryl methyl sites for hydroxylation is 2. The highest BCUT2D eigenvalue weighted by atomic mass is 15.4. The van der Waals surface area contributed by atoms with Crippen LogP contribution in [0.2, 0.25) is 0 Å². The molecule has 0 atom stereocenters. The summed E-state index contributed by atoms with van der Waals surface area (Å²) in [4.78, 5) is 8.16. The molecule has 0 aliphatic rings. The summed E-state index contributed by atoms with van der Waals surface area (Å²) in [5, 5.41) is 4.10. The fourth-order valence-electron chi connectivity index (χ4n) is 1.03. The minimum atomic E-state index is 0.389. The minimum Gasteiger partial charge on any atom is -0.368 e. The van der Waals surface area contributed by atoms with Gasteiger partial charge in [-0.3, -0.25) is 0 Å². The number of nitrogens with zero attached hydrogens (tertiary/aromatic N) is 5. The first-order valence-corrected chi connectivity index (χ1v) is 3.81. The van der Waals surface area contributed by atoms with E-state index in [0.29, 0.717) is 11.8 Å². The van der Waals surface area contributed by atoms with Crippen LogP contribution in [0.15, 0.2) is 12.5 Å². The maximum Gasteiger partial charge on any atom is 0.218 e. The van der Waals surface area contributed by atoms with E-state index in [9.17, 15) is 0 Å². The highest BCUT2D eigenvalue weighted by Gasteiger charge is 2.08. The standard InChI is InChI=1S/C7H10N6/c1-12-3-5(9-4-12)6-10-7(8)13(2)11-6/h3-4H,1-2H3,(H2,8,10,11). The van der Waals surface area contributed by atoms with Gasteiger partial charge in [0.1, 0.15) is 5.69 Å². The molecule has 2 N–H and O–H groups in total. The first-order chi connectivity index (χ1) is 6.16. The van der Waals surface area contributed by atoms with Gasteiger partial charge >= 0.3 is 0 Å². The van der Waals surface area contributed by atoms with Gasteiger partial charge in [-0.15, -0.1) is 5.10 Å². The van der Waals surface area contributed by atoms with E-state index in [2.05, 4.69) is 15.1 Å². The van der Waals surface area contributed by atoms with E-state index in [1.54, 1.807) is 13.4 Å². The van der Waals surface area contributed by atoms with Gasteiger partial charge in [-0.1, -0.05) is 0 Å². The van der Waals surface area contributed by atoms with Crippen LogP contribution in [0.25, 0.3) is 11.5 Å². The summed E-state index contributed by atoms with van der Waals surface area (Å²) in [6.45, 7) is 0. The zero-order valence-corrected chi connectivity index (χ0v) is 7.47. The maximum absolute atomic E-state index is 5.54. The lowest BCUT2D eigenvalue weighted by Gasteiger charge is -1.85. The average molecular weight is 178 g/mol. The second-order valence-corrected chi connectivity index (χ2v) is 2.84. The molecule has 2 aromatic heterocycles. The quantitative estimate of drug-likeness (QED) is 0.656. The molecule has 0 spiro atoms. The lowest BCUT2D eigenvalue weighted by Crippen LogP contribution is -1.97. The topological polar surface area (TPSA) is 74.6 Å². The van der Waals surface area contributed by atoms with Crippen molar-refractivity contribution in [2.24, 2.45) is 14.1 Å².